The number of furan rings is 1. The number of rotatable bonds is 3. The summed E-state index contributed by atoms with van der Waals surface area (Å²) in [5, 5.41) is 2.73. The SMILES string of the molecule is O=C(Nc1ccc(C(=O)N2CCCCC2)cc1)c1ccco1. The quantitative estimate of drug-likeness (QED) is 0.946. The standard InChI is InChI=1S/C17H18N2O3/c20-16(15-5-4-12-22-15)18-14-8-6-13(7-9-14)17(21)19-10-2-1-3-11-19/h4-9,12H,1-3,10-11H2,(H,18,20). The Kier molecular flexibility index (Phi) is 4.23. The molecule has 0 spiro atoms. The number of nitrogens with one attached hydrogen (secondary N) is 1. The van der Waals surface area contributed by atoms with Gasteiger partial charge in [0.2, 0.25) is 0 Å². The van der Waals surface area contributed by atoms with Crippen molar-refractivity contribution in [1.29, 1.82) is 0 Å². The van der Waals surface area contributed by atoms with Crippen LogP contribution >= 0.6 is 0 Å². The number of nitrogens with zero attached hydrogens (tertiary/aromatic N) is 1. The lowest BCUT2D eigenvalue weighted by atomic mass is 10.1. The fraction of sp³-hybridized carbons (Fsp3) is 0.294. The number of hydrogen-bond acceptors (Lipinski definition) is 3. The summed E-state index contributed by atoms with van der Waals surface area (Å²) in [4.78, 5) is 26.1. The molecule has 5 nitrogen and oxygen atoms in total. The van der Waals surface area contributed by atoms with E-state index < -0.39 is 0 Å². The summed E-state index contributed by atoms with van der Waals surface area (Å²) in [6, 6.07) is 10.2. The maximum absolute atomic E-state index is 12.3. The molecule has 1 aromatic heterocycles. The fourth-order valence-electron chi connectivity index (χ4n) is 2.58. The van der Waals surface area contributed by atoms with Crippen LogP contribution in [0.15, 0.2) is 47.1 Å². The molecule has 2 aromatic rings. The molecule has 0 atom stereocenters. The van der Waals surface area contributed by atoms with Crippen LogP contribution in [0.5, 0.6) is 0 Å². The van der Waals surface area contributed by atoms with Gasteiger partial charge in [-0.25, -0.2) is 0 Å². The fourth-order valence-corrected chi connectivity index (χ4v) is 2.58. The first-order chi connectivity index (χ1) is 10.7. The molecule has 3 rings (SSSR count). The molecule has 5 heteroatoms. The second kappa shape index (κ2) is 6.47. The van der Waals surface area contributed by atoms with Crippen LogP contribution in [-0.4, -0.2) is 29.8 Å². The molecule has 1 saturated heterocycles. The van der Waals surface area contributed by atoms with E-state index in [1.54, 1.807) is 36.4 Å². The van der Waals surface area contributed by atoms with Crippen LogP contribution in [0.3, 0.4) is 0 Å². The number of carbonyl (C=O) groups is 2. The Bertz CT molecular complexity index is 641. The zero-order chi connectivity index (χ0) is 15.4. The molecule has 114 valence electrons. The topological polar surface area (TPSA) is 62.6 Å². The predicted molar refractivity (Wildman–Crippen MR) is 82.9 cm³/mol. The first-order valence-electron chi connectivity index (χ1n) is 7.48. The normalized spacial score (nSPS) is 14.6. The lowest BCUT2D eigenvalue weighted by Gasteiger charge is -2.26. The zero-order valence-electron chi connectivity index (χ0n) is 12.2. The smallest absolute Gasteiger partial charge is 0.291 e. The van der Waals surface area contributed by atoms with Gasteiger partial charge in [0, 0.05) is 24.3 Å². The van der Waals surface area contributed by atoms with Gasteiger partial charge in [-0.1, -0.05) is 0 Å². The van der Waals surface area contributed by atoms with Crippen molar-refractivity contribution in [2.45, 2.75) is 19.3 Å². The van der Waals surface area contributed by atoms with E-state index in [0.717, 1.165) is 25.9 Å². The van der Waals surface area contributed by atoms with Crippen LogP contribution in [0, 0.1) is 0 Å². The third-order valence-corrected chi connectivity index (χ3v) is 3.78. The maximum atomic E-state index is 12.3. The first kappa shape index (κ1) is 14.4. The Labute approximate surface area is 128 Å². The molecule has 0 saturated carbocycles. The average molecular weight is 298 g/mol. The molecular weight excluding hydrogens is 280 g/mol. The van der Waals surface area contributed by atoms with Gasteiger partial charge < -0.3 is 14.6 Å². The lowest BCUT2D eigenvalue weighted by molar-refractivity contribution is 0.0724. The van der Waals surface area contributed by atoms with Crippen molar-refractivity contribution in [3.63, 3.8) is 0 Å². The number of carbonyl (C=O) groups excluding carboxylic acids is 2. The van der Waals surface area contributed by atoms with Gasteiger partial charge in [-0.3, -0.25) is 9.59 Å². The number of anilines is 1. The molecule has 22 heavy (non-hydrogen) atoms. The zero-order valence-corrected chi connectivity index (χ0v) is 12.2. The molecular formula is C17H18N2O3. The van der Waals surface area contributed by atoms with Crippen LogP contribution in [0.2, 0.25) is 0 Å². The second-order valence-electron chi connectivity index (χ2n) is 5.36. The van der Waals surface area contributed by atoms with E-state index in [9.17, 15) is 9.59 Å². The second-order valence-corrected chi connectivity index (χ2v) is 5.36. The van der Waals surface area contributed by atoms with Crippen LogP contribution in [0.25, 0.3) is 0 Å². The molecule has 1 aromatic carbocycles. The van der Waals surface area contributed by atoms with Gasteiger partial charge in [-0.2, -0.15) is 0 Å². The molecule has 0 unspecified atom stereocenters. The molecule has 2 amide bonds. The minimum atomic E-state index is -0.305. The molecule has 1 aliphatic heterocycles. The summed E-state index contributed by atoms with van der Waals surface area (Å²) in [5.74, 6) is 0.0113. The number of likely N-dealkylation sites (tertiary alicyclic amines) is 1. The van der Waals surface area contributed by atoms with Crippen LogP contribution in [0.4, 0.5) is 5.69 Å². The van der Waals surface area contributed by atoms with Crippen molar-refractivity contribution in [3.8, 4) is 0 Å². The van der Waals surface area contributed by atoms with E-state index in [0.29, 0.717) is 11.3 Å². The van der Waals surface area contributed by atoms with E-state index in [1.807, 2.05) is 4.90 Å². The predicted octanol–water partition coefficient (Wildman–Crippen LogP) is 3.16. The van der Waals surface area contributed by atoms with Crippen molar-refractivity contribution in [1.82, 2.24) is 4.90 Å². The monoisotopic (exact) mass is 298 g/mol. The highest BCUT2D eigenvalue weighted by Crippen LogP contribution is 2.16. The van der Waals surface area contributed by atoms with Crippen LogP contribution in [-0.2, 0) is 0 Å². The summed E-state index contributed by atoms with van der Waals surface area (Å²) in [5.41, 5.74) is 1.29. The van der Waals surface area contributed by atoms with Crippen LogP contribution < -0.4 is 5.32 Å². The molecule has 1 fully saturated rings. The number of piperidine rings is 1. The number of hydrogen-bond donors (Lipinski definition) is 1. The summed E-state index contributed by atoms with van der Waals surface area (Å²) >= 11 is 0. The molecule has 1 aliphatic rings. The maximum Gasteiger partial charge on any atom is 0.291 e. The van der Waals surface area contributed by atoms with Gasteiger partial charge in [0.25, 0.3) is 11.8 Å². The van der Waals surface area contributed by atoms with E-state index in [2.05, 4.69) is 5.32 Å². The Balaban J connectivity index is 1.64. The largest absolute Gasteiger partial charge is 0.459 e. The summed E-state index contributed by atoms with van der Waals surface area (Å²) < 4.78 is 5.04. The van der Waals surface area contributed by atoms with Gasteiger partial charge >= 0.3 is 0 Å². The number of amides is 2. The summed E-state index contributed by atoms with van der Waals surface area (Å²) in [6.07, 6.45) is 4.79. The molecule has 0 bridgehead atoms. The van der Waals surface area contributed by atoms with Crippen molar-refractivity contribution in [2.75, 3.05) is 18.4 Å². The van der Waals surface area contributed by atoms with Gasteiger partial charge in [0.05, 0.1) is 6.26 Å². The Morgan fingerprint density at radius 3 is 2.36 bits per heavy atom. The molecule has 2 heterocycles. The Morgan fingerprint density at radius 2 is 1.73 bits per heavy atom. The summed E-state index contributed by atoms with van der Waals surface area (Å²) in [7, 11) is 0. The average Bonchev–Trinajstić information content (AvgIpc) is 3.10. The third kappa shape index (κ3) is 3.19. The van der Waals surface area contributed by atoms with Crippen molar-refractivity contribution >= 4 is 17.5 Å². The number of benzene rings is 1. The highest BCUT2D eigenvalue weighted by atomic mass is 16.3. The van der Waals surface area contributed by atoms with Crippen molar-refractivity contribution in [3.05, 3.63) is 54.0 Å². The minimum absolute atomic E-state index is 0.0589. The van der Waals surface area contributed by atoms with E-state index in [1.165, 1.54) is 12.7 Å². The van der Waals surface area contributed by atoms with Gasteiger partial charge in [-0.05, 0) is 55.7 Å². The van der Waals surface area contributed by atoms with E-state index >= 15 is 0 Å². The van der Waals surface area contributed by atoms with E-state index in [4.69, 9.17) is 4.42 Å². The minimum Gasteiger partial charge on any atom is -0.459 e. The highest BCUT2D eigenvalue weighted by Gasteiger charge is 2.18. The van der Waals surface area contributed by atoms with Gasteiger partial charge in [0.1, 0.15) is 0 Å². The Hall–Kier alpha value is -2.56. The Morgan fingerprint density at radius 1 is 1.00 bits per heavy atom. The van der Waals surface area contributed by atoms with E-state index in [-0.39, 0.29) is 17.6 Å². The van der Waals surface area contributed by atoms with Gasteiger partial charge in [0.15, 0.2) is 5.76 Å². The lowest BCUT2D eigenvalue weighted by Crippen LogP contribution is -2.35. The van der Waals surface area contributed by atoms with Gasteiger partial charge in [-0.15, -0.1) is 0 Å². The molecule has 1 N–H and O–H groups in total. The van der Waals surface area contributed by atoms with Crippen molar-refractivity contribution < 1.29 is 14.0 Å². The molecule has 0 aliphatic carbocycles. The summed E-state index contributed by atoms with van der Waals surface area (Å²) in [6.45, 7) is 1.66. The molecule has 0 radical (unpaired) electrons. The van der Waals surface area contributed by atoms with Crippen LogP contribution in [0.1, 0.15) is 40.2 Å². The third-order valence-electron chi connectivity index (χ3n) is 3.78. The first-order valence-corrected chi connectivity index (χ1v) is 7.48. The highest BCUT2D eigenvalue weighted by molar-refractivity contribution is 6.02. The van der Waals surface area contributed by atoms with Crippen molar-refractivity contribution in [2.24, 2.45) is 0 Å².